The number of hydrogen-bond acceptors (Lipinski definition) is 7. The third-order valence-corrected chi connectivity index (χ3v) is 8.97. The summed E-state index contributed by atoms with van der Waals surface area (Å²) >= 11 is 0. The Labute approximate surface area is 255 Å². The predicted molar refractivity (Wildman–Crippen MR) is 161 cm³/mol. The molecule has 0 spiro atoms. The minimum absolute atomic E-state index is 0.0902. The van der Waals surface area contributed by atoms with E-state index in [1.165, 1.54) is 12.0 Å². The number of Topliss-reactive ketones (excluding diaryl/α,β-unsaturated/α-hetero) is 1. The van der Waals surface area contributed by atoms with Crippen LogP contribution in [0.3, 0.4) is 0 Å². The second kappa shape index (κ2) is 11.2. The van der Waals surface area contributed by atoms with Gasteiger partial charge in [0.05, 0.1) is 32.1 Å². The van der Waals surface area contributed by atoms with Crippen molar-refractivity contribution in [3.8, 4) is 17.2 Å². The van der Waals surface area contributed by atoms with Crippen molar-refractivity contribution in [3.63, 3.8) is 0 Å². The van der Waals surface area contributed by atoms with Gasteiger partial charge < -0.3 is 18.9 Å². The molecule has 4 aromatic carbocycles. The molecule has 3 aliphatic rings. The number of hydrogen-bond donors (Lipinski definition) is 0. The number of nitrogens with zero attached hydrogens (tertiary/aromatic N) is 1. The molecule has 7 rings (SSSR count). The maximum absolute atomic E-state index is 14.8. The summed E-state index contributed by atoms with van der Waals surface area (Å²) in [5.74, 6) is -1.33. The summed E-state index contributed by atoms with van der Waals surface area (Å²) in [4.78, 5) is 43.8. The quantitative estimate of drug-likeness (QED) is 0.240. The van der Waals surface area contributed by atoms with Gasteiger partial charge in [-0.25, -0.2) is 9.69 Å². The van der Waals surface area contributed by atoms with Gasteiger partial charge in [0.2, 0.25) is 5.91 Å². The van der Waals surface area contributed by atoms with Crippen LogP contribution in [0.1, 0.15) is 50.6 Å². The number of ether oxygens (including phenoxy) is 4. The number of benzene rings is 4. The molecule has 2 heterocycles. The van der Waals surface area contributed by atoms with Crippen LogP contribution in [0.2, 0.25) is 0 Å². The minimum Gasteiger partial charge on any atom is -0.493 e. The normalized spacial score (nSPS) is 23.1. The first-order valence-electron chi connectivity index (χ1n) is 14.6. The molecule has 1 aliphatic carbocycles. The van der Waals surface area contributed by atoms with Crippen LogP contribution in [0.5, 0.6) is 17.2 Å². The van der Waals surface area contributed by atoms with Crippen molar-refractivity contribution in [2.75, 3.05) is 20.8 Å². The van der Waals surface area contributed by atoms with Gasteiger partial charge in [0.1, 0.15) is 18.5 Å². The molecule has 8 nitrogen and oxygen atoms in total. The molecule has 0 aromatic heterocycles. The smallest absolute Gasteiger partial charge is 0.416 e. The minimum atomic E-state index is -0.892. The van der Waals surface area contributed by atoms with E-state index in [9.17, 15) is 14.4 Å². The molecule has 2 amide bonds. The maximum Gasteiger partial charge on any atom is 0.416 e. The maximum atomic E-state index is 14.8. The monoisotopic (exact) mass is 589 g/mol. The fourth-order valence-electron chi connectivity index (χ4n) is 7.02. The van der Waals surface area contributed by atoms with Crippen LogP contribution in [0.15, 0.2) is 97.1 Å². The molecule has 2 bridgehead atoms. The number of cyclic esters (lactones) is 1. The van der Waals surface area contributed by atoms with E-state index in [4.69, 9.17) is 18.9 Å². The lowest BCUT2D eigenvalue weighted by Crippen LogP contribution is -2.51. The van der Waals surface area contributed by atoms with E-state index in [1.807, 2.05) is 78.9 Å². The van der Waals surface area contributed by atoms with Crippen LogP contribution in [0.25, 0.3) is 0 Å². The summed E-state index contributed by atoms with van der Waals surface area (Å²) in [5, 5.41) is 0. The van der Waals surface area contributed by atoms with Crippen molar-refractivity contribution in [3.05, 3.63) is 125 Å². The van der Waals surface area contributed by atoms with E-state index in [2.05, 4.69) is 0 Å². The number of rotatable bonds is 7. The summed E-state index contributed by atoms with van der Waals surface area (Å²) in [6.45, 7) is 0.0902. The first-order chi connectivity index (χ1) is 21.5. The zero-order valence-corrected chi connectivity index (χ0v) is 24.3. The number of methoxy groups -OCH3 is 2. The SMILES string of the molecule is COc1cc2c(cc1OC)[C@@H](C(=O)c1ccccc1)[C@@H]1c3ccccc3O[C@H]2[C@@H]1C(=O)N1C(=O)OC[C@H]1Cc1ccccc1. The number of ketones is 1. The molecule has 0 radical (unpaired) electrons. The Morgan fingerprint density at radius 3 is 2.16 bits per heavy atom. The highest BCUT2D eigenvalue weighted by Crippen LogP contribution is 2.59. The average molecular weight is 590 g/mol. The van der Waals surface area contributed by atoms with Gasteiger partial charge >= 0.3 is 6.09 Å². The van der Waals surface area contributed by atoms with Gasteiger partial charge in [-0.1, -0.05) is 78.9 Å². The average Bonchev–Trinajstić information content (AvgIpc) is 3.43. The van der Waals surface area contributed by atoms with Gasteiger partial charge in [-0.05, 0) is 41.3 Å². The number of imide groups is 1. The van der Waals surface area contributed by atoms with Crippen LogP contribution < -0.4 is 14.2 Å². The summed E-state index contributed by atoms with van der Waals surface area (Å²) in [6.07, 6.45) is -1.03. The van der Waals surface area contributed by atoms with Gasteiger partial charge in [-0.2, -0.15) is 0 Å². The molecule has 0 unspecified atom stereocenters. The Balaban J connectivity index is 1.41. The largest absolute Gasteiger partial charge is 0.493 e. The van der Waals surface area contributed by atoms with Crippen LogP contribution in [0.4, 0.5) is 4.79 Å². The highest BCUT2D eigenvalue weighted by molar-refractivity contribution is 6.04. The Kier molecular flexibility index (Phi) is 7.04. The third kappa shape index (κ3) is 4.49. The number of fused-ring (bicyclic) bond motifs is 6. The predicted octanol–water partition coefficient (Wildman–Crippen LogP) is 6.11. The molecular formula is C36H31NO7. The van der Waals surface area contributed by atoms with E-state index in [0.29, 0.717) is 40.4 Å². The first kappa shape index (κ1) is 27.7. The molecule has 1 saturated heterocycles. The zero-order chi connectivity index (χ0) is 30.4. The van der Waals surface area contributed by atoms with Gasteiger partial charge in [0.25, 0.3) is 0 Å². The molecule has 44 heavy (non-hydrogen) atoms. The van der Waals surface area contributed by atoms with Crippen molar-refractivity contribution < 1.29 is 33.3 Å². The van der Waals surface area contributed by atoms with Crippen molar-refractivity contribution in [2.45, 2.75) is 30.4 Å². The van der Waals surface area contributed by atoms with Gasteiger partial charge in [-0.15, -0.1) is 0 Å². The van der Waals surface area contributed by atoms with Gasteiger partial charge in [-0.3, -0.25) is 9.59 Å². The van der Waals surface area contributed by atoms with Crippen molar-refractivity contribution in [1.29, 1.82) is 0 Å². The van der Waals surface area contributed by atoms with Crippen LogP contribution in [-0.4, -0.2) is 49.6 Å². The lowest BCUT2D eigenvalue weighted by molar-refractivity contribution is -0.139. The Morgan fingerprint density at radius 1 is 0.818 bits per heavy atom. The van der Waals surface area contributed by atoms with E-state index in [-0.39, 0.29) is 12.4 Å². The van der Waals surface area contributed by atoms with E-state index < -0.39 is 41.9 Å². The second-order valence-electron chi connectivity index (χ2n) is 11.3. The Hall–Kier alpha value is -5.11. The number of carbonyl (C=O) groups is 3. The van der Waals surface area contributed by atoms with Gasteiger partial charge in [0.15, 0.2) is 17.3 Å². The summed E-state index contributed by atoms with van der Waals surface area (Å²) in [7, 11) is 3.09. The Morgan fingerprint density at radius 2 is 1.45 bits per heavy atom. The van der Waals surface area contributed by atoms with E-state index in [0.717, 1.165) is 11.1 Å². The number of amides is 2. The number of para-hydroxylation sites is 1. The molecule has 0 saturated carbocycles. The molecule has 5 atom stereocenters. The topological polar surface area (TPSA) is 91.4 Å². The molecule has 0 N–H and O–H groups in total. The molecule has 8 heteroatoms. The van der Waals surface area contributed by atoms with E-state index >= 15 is 0 Å². The molecular weight excluding hydrogens is 558 g/mol. The highest BCUT2D eigenvalue weighted by atomic mass is 16.6. The van der Waals surface area contributed by atoms with Crippen LogP contribution in [0, 0.1) is 5.92 Å². The zero-order valence-electron chi connectivity index (χ0n) is 24.3. The van der Waals surface area contributed by atoms with Crippen molar-refractivity contribution >= 4 is 17.8 Å². The second-order valence-corrected chi connectivity index (χ2v) is 11.3. The summed E-state index contributed by atoms with van der Waals surface area (Å²) in [6, 6.07) is 29.4. The first-order valence-corrected chi connectivity index (χ1v) is 14.6. The standard InChI is InChI=1S/C36H31NO7/c1-41-28-18-25-26(19-29(28)42-2)34-32(35(39)37-23(20-43-36(37)40)17-21-11-5-3-6-12-21)30(24-15-9-10-16-27(24)44-34)31(25)33(38)22-13-7-4-8-14-22/h3-16,18-19,23,30-32,34H,17,20H2,1-2H3/t23-,30+,31-,32-,34-/m1/s1. The number of carbonyl (C=O) groups excluding carboxylic acids is 3. The molecule has 222 valence electrons. The molecule has 4 aromatic rings. The fourth-order valence-corrected chi connectivity index (χ4v) is 7.02. The third-order valence-electron chi connectivity index (χ3n) is 8.97. The van der Waals surface area contributed by atoms with Crippen LogP contribution >= 0.6 is 0 Å². The van der Waals surface area contributed by atoms with Crippen molar-refractivity contribution in [2.24, 2.45) is 5.92 Å². The van der Waals surface area contributed by atoms with Gasteiger partial charge in [0, 0.05) is 17.0 Å². The fraction of sp³-hybridized carbons (Fsp3) is 0.250. The Bertz CT molecular complexity index is 1740. The van der Waals surface area contributed by atoms with Crippen molar-refractivity contribution in [1.82, 2.24) is 4.90 Å². The lowest BCUT2D eigenvalue weighted by atomic mass is 9.61. The molecule has 2 aliphatic heterocycles. The summed E-state index contributed by atoms with van der Waals surface area (Å²) in [5.41, 5.74) is 3.60. The summed E-state index contributed by atoms with van der Waals surface area (Å²) < 4.78 is 23.4. The van der Waals surface area contributed by atoms with E-state index in [1.54, 1.807) is 25.3 Å². The lowest BCUT2D eigenvalue weighted by Gasteiger charge is -2.48. The highest BCUT2D eigenvalue weighted by Gasteiger charge is 2.57. The van der Waals surface area contributed by atoms with Crippen LogP contribution in [-0.2, 0) is 16.0 Å². The molecule has 1 fully saturated rings.